The standard InChI is InChI=1S/C25H18N6O2S2/c26-14-19(23-28-20-8-4-5-9-21(20)29-23)22(32)15-34-25-31-30-24(35-25)27-16-10-12-18(13-11-16)33-17-6-2-1-3-7-17/h1-13,32H,15H2,(H,27,30)(H,28,29)/b22-19-. The number of anilines is 2. The molecule has 0 spiro atoms. The van der Waals surface area contributed by atoms with Gasteiger partial charge in [0.15, 0.2) is 10.2 Å². The summed E-state index contributed by atoms with van der Waals surface area (Å²) < 4.78 is 6.46. The van der Waals surface area contributed by atoms with Gasteiger partial charge in [-0.2, -0.15) is 5.26 Å². The van der Waals surface area contributed by atoms with E-state index in [0.717, 1.165) is 28.2 Å². The molecule has 0 unspecified atom stereocenters. The van der Waals surface area contributed by atoms with E-state index in [4.69, 9.17) is 4.74 Å². The van der Waals surface area contributed by atoms with Crippen LogP contribution in [0, 0.1) is 11.3 Å². The number of hydrogen-bond donors (Lipinski definition) is 3. The lowest BCUT2D eigenvalue weighted by molar-refractivity contribution is 0.420. The Balaban J connectivity index is 1.20. The largest absolute Gasteiger partial charge is 0.510 e. The van der Waals surface area contributed by atoms with Crippen molar-refractivity contribution in [1.29, 1.82) is 5.26 Å². The fourth-order valence-corrected chi connectivity index (χ4v) is 4.85. The van der Waals surface area contributed by atoms with Gasteiger partial charge in [-0.1, -0.05) is 53.4 Å². The fraction of sp³-hybridized carbons (Fsp3) is 0.0400. The van der Waals surface area contributed by atoms with Crippen LogP contribution in [0.3, 0.4) is 0 Å². The lowest BCUT2D eigenvalue weighted by Gasteiger charge is -2.06. The Morgan fingerprint density at radius 3 is 2.51 bits per heavy atom. The van der Waals surface area contributed by atoms with Crippen molar-refractivity contribution in [2.75, 3.05) is 11.1 Å². The molecule has 35 heavy (non-hydrogen) atoms. The molecule has 0 bridgehead atoms. The summed E-state index contributed by atoms with van der Waals surface area (Å²) in [5.41, 5.74) is 2.48. The lowest BCUT2D eigenvalue weighted by atomic mass is 10.2. The molecule has 0 amide bonds. The third-order valence-corrected chi connectivity index (χ3v) is 6.83. The van der Waals surface area contributed by atoms with Crippen LogP contribution >= 0.6 is 23.1 Å². The molecular weight excluding hydrogens is 480 g/mol. The van der Waals surface area contributed by atoms with Crippen LogP contribution in [-0.2, 0) is 0 Å². The first kappa shape index (κ1) is 22.5. The predicted molar refractivity (Wildman–Crippen MR) is 138 cm³/mol. The lowest BCUT2D eigenvalue weighted by Crippen LogP contribution is -1.95. The van der Waals surface area contributed by atoms with E-state index in [9.17, 15) is 10.4 Å². The monoisotopic (exact) mass is 498 g/mol. The molecule has 3 N–H and O–H groups in total. The second kappa shape index (κ2) is 10.3. The van der Waals surface area contributed by atoms with Crippen molar-refractivity contribution >= 4 is 50.5 Å². The van der Waals surface area contributed by atoms with Crippen molar-refractivity contribution in [2.24, 2.45) is 0 Å². The third-order valence-electron chi connectivity index (χ3n) is 4.85. The Morgan fingerprint density at radius 1 is 1.00 bits per heavy atom. The molecule has 3 aromatic carbocycles. The van der Waals surface area contributed by atoms with Crippen LogP contribution in [-0.4, -0.2) is 31.0 Å². The molecule has 10 heteroatoms. The van der Waals surface area contributed by atoms with Crippen LogP contribution in [0.1, 0.15) is 5.82 Å². The van der Waals surface area contributed by atoms with E-state index in [-0.39, 0.29) is 17.1 Å². The van der Waals surface area contributed by atoms with Crippen molar-refractivity contribution in [3.05, 3.63) is 90.4 Å². The number of benzene rings is 3. The summed E-state index contributed by atoms with van der Waals surface area (Å²) in [5, 5.41) is 32.2. The number of H-pyrrole nitrogens is 1. The van der Waals surface area contributed by atoms with Crippen molar-refractivity contribution in [3.63, 3.8) is 0 Å². The van der Waals surface area contributed by atoms with Crippen molar-refractivity contribution in [3.8, 4) is 17.6 Å². The minimum Gasteiger partial charge on any atom is -0.510 e. The molecule has 0 saturated heterocycles. The molecule has 0 radical (unpaired) electrons. The molecule has 0 aliphatic heterocycles. The number of nitrogens with one attached hydrogen (secondary N) is 2. The molecular formula is C25H18N6O2S2. The van der Waals surface area contributed by atoms with Gasteiger partial charge >= 0.3 is 0 Å². The molecule has 0 saturated carbocycles. The molecule has 0 aliphatic rings. The van der Waals surface area contributed by atoms with Gasteiger partial charge in [0, 0.05) is 5.69 Å². The van der Waals surface area contributed by atoms with Gasteiger partial charge in [-0.15, -0.1) is 10.2 Å². The zero-order valence-electron chi connectivity index (χ0n) is 18.2. The Labute approximate surface area is 209 Å². The molecule has 0 aliphatic carbocycles. The maximum atomic E-state index is 10.5. The first-order valence-electron chi connectivity index (χ1n) is 10.5. The summed E-state index contributed by atoms with van der Waals surface area (Å²) in [6.07, 6.45) is 0. The first-order chi connectivity index (χ1) is 17.2. The number of aromatic nitrogens is 4. The van der Waals surface area contributed by atoms with Crippen LogP contribution in [0.4, 0.5) is 10.8 Å². The van der Waals surface area contributed by atoms with E-state index < -0.39 is 0 Å². The van der Waals surface area contributed by atoms with Gasteiger partial charge in [-0.3, -0.25) is 0 Å². The number of rotatable bonds is 8. The Bertz CT molecular complexity index is 1490. The number of nitrogens with zero attached hydrogens (tertiary/aromatic N) is 4. The summed E-state index contributed by atoms with van der Waals surface area (Å²) >= 11 is 2.65. The van der Waals surface area contributed by atoms with Gasteiger partial charge in [-0.25, -0.2) is 4.98 Å². The van der Waals surface area contributed by atoms with Crippen LogP contribution in [0.25, 0.3) is 16.6 Å². The summed E-state index contributed by atoms with van der Waals surface area (Å²) in [6, 6.07) is 26.6. The number of aliphatic hydroxyl groups is 1. The number of para-hydroxylation sites is 3. The number of hydrogen-bond acceptors (Lipinski definition) is 9. The van der Waals surface area contributed by atoms with Gasteiger partial charge in [0.2, 0.25) is 5.13 Å². The smallest absolute Gasteiger partial charge is 0.210 e. The maximum Gasteiger partial charge on any atom is 0.210 e. The number of aliphatic hydroxyl groups excluding tert-OH is 1. The first-order valence-corrected chi connectivity index (χ1v) is 12.3. The van der Waals surface area contributed by atoms with Crippen LogP contribution in [0.5, 0.6) is 11.5 Å². The topological polar surface area (TPSA) is 120 Å². The molecule has 0 atom stereocenters. The molecule has 2 heterocycles. The van der Waals surface area contributed by atoms with E-state index in [0.29, 0.717) is 15.3 Å². The van der Waals surface area contributed by atoms with E-state index >= 15 is 0 Å². The number of aromatic amines is 1. The molecule has 2 aromatic heterocycles. The average Bonchev–Trinajstić information content (AvgIpc) is 3.52. The highest BCUT2D eigenvalue weighted by molar-refractivity contribution is 8.01. The number of allylic oxidation sites excluding steroid dienone is 1. The minimum atomic E-state index is -0.0738. The zero-order valence-corrected chi connectivity index (χ0v) is 19.8. The Kier molecular flexibility index (Phi) is 6.61. The molecule has 172 valence electrons. The van der Waals surface area contributed by atoms with Crippen molar-refractivity contribution in [1.82, 2.24) is 20.2 Å². The molecule has 8 nitrogen and oxygen atoms in total. The van der Waals surface area contributed by atoms with E-state index in [2.05, 4.69) is 25.5 Å². The van der Waals surface area contributed by atoms with Crippen LogP contribution in [0.15, 0.2) is 89.0 Å². The van der Waals surface area contributed by atoms with Crippen LogP contribution < -0.4 is 10.1 Å². The number of fused-ring (bicyclic) bond motifs is 1. The average molecular weight is 499 g/mol. The van der Waals surface area contributed by atoms with E-state index in [1.807, 2.05) is 84.9 Å². The summed E-state index contributed by atoms with van der Waals surface area (Å²) in [7, 11) is 0. The van der Waals surface area contributed by atoms with Crippen molar-refractivity contribution in [2.45, 2.75) is 4.34 Å². The minimum absolute atomic E-state index is 0.0738. The molecule has 0 fully saturated rings. The fourth-order valence-electron chi connectivity index (χ4n) is 3.20. The normalized spacial score (nSPS) is 11.6. The van der Waals surface area contributed by atoms with Crippen LogP contribution in [0.2, 0.25) is 0 Å². The highest BCUT2D eigenvalue weighted by Crippen LogP contribution is 2.31. The summed E-state index contributed by atoms with van der Waals surface area (Å²) in [4.78, 5) is 7.46. The number of imidazole rings is 1. The quantitative estimate of drug-likeness (QED) is 0.125. The maximum absolute atomic E-state index is 10.5. The Morgan fingerprint density at radius 2 is 1.74 bits per heavy atom. The predicted octanol–water partition coefficient (Wildman–Crippen LogP) is 6.54. The van der Waals surface area contributed by atoms with Gasteiger partial charge in [-0.05, 0) is 48.5 Å². The number of ether oxygens (including phenoxy) is 1. The van der Waals surface area contributed by atoms with Gasteiger partial charge in [0.25, 0.3) is 0 Å². The Hall–Kier alpha value is -4.33. The summed E-state index contributed by atoms with van der Waals surface area (Å²) in [6.45, 7) is 0. The van der Waals surface area contributed by atoms with E-state index in [1.54, 1.807) is 0 Å². The highest BCUT2D eigenvalue weighted by Gasteiger charge is 2.15. The van der Waals surface area contributed by atoms with E-state index in [1.165, 1.54) is 23.1 Å². The molecule has 5 rings (SSSR count). The second-order valence-electron chi connectivity index (χ2n) is 7.26. The van der Waals surface area contributed by atoms with Gasteiger partial charge in [0.1, 0.15) is 28.9 Å². The third kappa shape index (κ3) is 5.43. The number of thioether (sulfide) groups is 1. The second-order valence-corrected chi connectivity index (χ2v) is 9.46. The van der Waals surface area contributed by atoms with Gasteiger partial charge in [0.05, 0.1) is 16.8 Å². The van der Waals surface area contributed by atoms with Gasteiger partial charge < -0.3 is 20.1 Å². The molecule has 5 aromatic rings. The SMILES string of the molecule is N#C/C(=C(/O)CSc1nnc(Nc2ccc(Oc3ccccc3)cc2)s1)c1nc2ccccc2[nH]1. The summed E-state index contributed by atoms with van der Waals surface area (Å²) in [5.74, 6) is 1.94. The number of nitriles is 1. The highest BCUT2D eigenvalue weighted by atomic mass is 32.2. The van der Waals surface area contributed by atoms with Crippen molar-refractivity contribution < 1.29 is 9.84 Å². The zero-order chi connectivity index (χ0) is 24.0.